The van der Waals surface area contributed by atoms with Gasteiger partial charge in [0.1, 0.15) is 0 Å². The number of nitrogens with two attached hydrogens (primary N) is 1. The van der Waals surface area contributed by atoms with Crippen LogP contribution in [0.2, 0.25) is 0 Å². The van der Waals surface area contributed by atoms with E-state index in [2.05, 4.69) is 0 Å². The largest absolute Gasteiger partial charge is 0.494 e. The summed E-state index contributed by atoms with van der Waals surface area (Å²) < 4.78 is 18.5. The maximum absolute atomic E-state index is 13.6. The predicted octanol–water partition coefficient (Wildman–Crippen LogP) is 2.31. The smallest absolute Gasteiger partial charge is 0.242 e. The Morgan fingerprint density at radius 1 is 1.50 bits per heavy atom. The molecule has 0 aliphatic heterocycles. The quantitative estimate of drug-likeness (QED) is 0.871. The maximum atomic E-state index is 13.6. The number of likely N-dealkylation sites (N-methyl/N-ethyl adjacent to an activating group) is 1. The van der Waals surface area contributed by atoms with Crippen LogP contribution in [-0.4, -0.2) is 30.5 Å². The van der Waals surface area contributed by atoms with Crippen molar-refractivity contribution in [3.05, 3.63) is 29.6 Å². The van der Waals surface area contributed by atoms with E-state index in [0.717, 1.165) is 6.42 Å². The summed E-state index contributed by atoms with van der Waals surface area (Å²) in [5.74, 6) is -0.386. The molecule has 1 atom stereocenters. The Morgan fingerprint density at radius 2 is 2.15 bits per heavy atom. The van der Waals surface area contributed by atoms with Crippen molar-refractivity contribution in [1.29, 1.82) is 0 Å². The number of carbonyl (C=O) groups excluding carboxylic acids is 1. The Labute approximate surface area is 119 Å². The molecule has 0 bridgehead atoms. The Balaban J connectivity index is 2.78. The van der Waals surface area contributed by atoms with Crippen molar-refractivity contribution in [2.24, 2.45) is 5.73 Å². The van der Waals surface area contributed by atoms with Crippen LogP contribution in [0.25, 0.3) is 0 Å². The first-order valence-corrected chi connectivity index (χ1v) is 6.68. The number of rotatable bonds is 6. The molecule has 0 aliphatic rings. The predicted molar refractivity (Wildman–Crippen MR) is 76.9 cm³/mol. The minimum atomic E-state index is -0.880. The number of nitrogens with zero attached hydrogens (tertiary/aromatic N) is 1. The molecule has 0 aliphatic carbocycles. The zero-order valence-corrected chi connectivity index (χ0v) is 12.6. The lowest BCUT2D eigenvalue weighted by Gasteiger charge is -2.29. The van der Waals surface area contributed by atoms with Gasteiger partial charge in [0.2, 0.25) is 5.91 Å². The summed E-state index contributed by atoms with van der Waals surface area (Å²) in [6, 6.07) is 4.66. The highest BCUT2D eigenvalue weighted by Crippen LogP contribution is 2.19. The molecule has 0 aromatic heterocycles. The van der Waals surface area contributed by atoms with Gasteiger partial charge in [0.25, 0.3) is 0 Å². The summed E-state index contributed by atoms with van der Waals surface area (Å²) in [5, 5.41) is 0. The molecule has 112 valence electrons. The first-order chi connectivity index (χ1) is 9.31. The molecule has 1 rings (SSSR count). The normalized spacial score (nSPS) is 13.7. The number of amides is 1. The first kappa shape index (κ1) is 16.4. The van der Waals surface area contributed by atoms with Gasteiger partial charge < -0.3 is 15.4 Å². The van der Waals surface area contributed by atoms with Gasteiger partial charge in [0, 0.05) is 13.6 Å². The summed E-state index contributed by atoms with van der Waals surface area (Å²) in [6.07, 6.45) is 1.46. The van der Waals surface area contributed by atoms with Gasteiger partial charge in [-0.3, -0.25) is 4.79 Å². The second-order valence-electron chi connectivity index (χ2n) is 5.30. The fourth-order valence-electron chi connectivity index (χ4n) is 2.22. The minimum absolute atomic E-state index is 0.143. The lowest BCUT2D eigenvalue weighted by atomic mass is 9.96. The van der Waals surface area contributed by atoms with Crippen LogP contribution in [0.4, 0.5) is 4.39 Å². The number of ether oxygens (including phenoxy) is 1. The molecule has 0 saturated heterocycles. The van der Waals surface area contributed by atoms with E-state index in [-0.39, 0.29) is 11.7 Å². The van der Waals surface area contributed by atoms with Crippen molar-refractivity contribution in [3.8, 4) is 5.75 Å². The van der Waals surface area contributed by atoms with Crippen LogP contribution in [-0.2, 0) is 11.3 Å². The van der Waals surface area contributed by atoms with Crippen LogP contribution in [0.1, 0.15) is 32.3 Å². The monoisotopic (exact) mass is 282 g/mol. The molecular weight excluding hydrogens is 259 g/mol. The highest BCUT2D eigenvalue weighted by Gasteiger charge is 2.30. The third-order valence-corrected chi connectivity index (χ3v) is 3.24. The van der Waals surface area contributed by atoms with Crippen LogP contribution in [0.3, 0.4) is 0 Å². The zero-order chi connectivity index (χ0) is 15.3. The van der Waals surface area contributed by atoms with Gasteiger partial charge in [-0.1, -0.05) is 19.4 Å². The molecule has 4 nitrogen and oxygen atoms in total. The zero-order valence-electron chi connectivity index (χ0n) is 12.6. The Kier molecular flexibility index (Phi) is 5.51. The van der Waals surface area contributed by atoms with Crippen molar-refractivity contribution in [2.75, 3.05) is 14.2 Å². The molecule has 20 heavy (non-hydrogen) atoms. The molecule has 2 N–H and O–H groups in total. The molecule has 0 saturated carbocycles. The van der Waals surface area contributed by atoms with E-state index in [9.17, 15) is 9.18 Å². The number of halogens is 1. The Hall–Kier alpha value is -1.62. The molecule has 0 heterocycles. The lowest BCUT2D eigenvalue weighted by Crippen LogP contribution is -2.51. The second-order valence-corrected chi connectivity index (χ2v) is 5.30. The molecule has 0 radical (unpaired) electrons. The summed E-state index contributed by atoms with van der Waals surface area (Å²) >= 11 is 0. The second kappa shape index (κ2) is 6.70. The number of hydrogen-bond acceptors (Lipinski definition) is 3. The Morgan fingerprint density at radius 3 is 2.65 bits per heavy atom. The molecule has 1 aromatic rings. The fraction of sp³-hybridized carbons (Fsp3) is 0.533. The highest BCUT2D eigenvalue weighted by atomic mass is 19.1. The third-order valence-electron chi connectivity index (χ3n) is 3.24. The molecule has 5 heteroatoms. The topological polar surface area (TPSA) is 55.6 Å². The number of benzene rings is 1. The van der Waals surface area contributed by atoms with Gasteiger partial charge in [-0.2, -0.15) is 0 Å². The van der Waals surface area contributed by atoms with E-state index in [1.807, 2.05) is 6.92 Å². The van der Waals surface area contributed by atoms with E-state index >= 15 is 0 Å². The van der Waals surface area contributed by atoms with Crippen molar-refractivity contribution in [1.82, 2.24) is 4.90 Å². The minimum Gasteiger partial charge on any atom is -0.494 e. The summed E-state index contributed by atoms with van der Waals surface area (Å²) in [6.45, 7) is 4.03. The van der Waals surface area contributed by atoms with Crippen molar-refractivity contribution < 1.29 is 13.9 Å². The molecular formula is C15H23FN2O2. The summed E-state index contributed by atoms with van der Waals surface area (Å²) in [7, 11) is 3.09. The van der Waals surface area contributed by atoms with Gasteiger partial charge in [0.05, 0.1) is 12.6 Å². The molecule has 1 amide bonds. The number of methoxy groups -OCH3 is 1. The van der Waals surface area contributed by atoms with Gasteiger partial charge in [0.15, 0.2) is 11.6 Å². The van der Waals surface area contributed by atoms with Crippen LogP contribution in [0.15, 0.2) is 18.2 Å². The van der Waals surface area contributed by atoms with Crippen molar-refractivity contribution in [3.63, 3.8) is 0 Å². The van der Waals surface area contributed by atoms with E-state index in [0.29, 0.717) is 18.5 Å². The SMILES string of the molecule is CCCC(C)(N)C(=O)N(C)Cc1ccc(OC)c(F)c1. The first-order valence-electron chi connectivity index (χ1n) is 6.68. The lowest BCUT2D eigenvalue weighted by molar-refractivity contribution is -0.135. The number of hydrogen-bond donors (Lipinski definition) is 1. The van der Waals surface area contributed by atoms with E-state index in [4.69, 9.17) is 10.5 Å². The van der Waals surface area contributed by atoms with Crippen LogP contribution in [0.5, 0.6) is 5.75 Å². The fourth-order valence-corrected chi connectivity index (χ4v) is 2.22. The van der Waals surface area contributed by atoms with Crippen LogP contribution < -0.4 is 10.5 Å². The average molecular weight is 282 g/mol. The standard InChI is InChI=1S/C15H23FN2O2/c1-5-8-15(2,17)14(19)18(3)10-11-6-7-13(20-4)12(16)9-11/h6-7,9H,5,8,10,17H2,1-4H3. The molecule has 0 fully saturated rings. The van der Waals surface area contributed by atoms with E-state index in [1.54, 1.807) is 26.1 Å². The number of carbonyl (C=O) groups is 1. The van der Waals surface area contributed by atoms with E-state index in [1.165, 1.54) is 18.1 Å². The van der Waals surface area contributed by atoms with Gasteiger partial charge >= 0.3 is 0 Å². The highest BCUT2D eigenvalue weighted by molar-refractivity contribution is 5.85. The average Bonchev–Trinajstić information content (AvgIpc) is 2.38. The van der Waals surface area contributed by atoms with Gasteiger partial charge in [-0.25, -0.2) is 4.39 Å². The summed E-state index contributed by atoms with van der Waals surface area (Å²) in [4.78, 5) is 13.8. The van der Waals surface area contributed by atoms with Gasteiger partial charge in [-0.05, 0) is 31.0 Å². The van der Waals surface area contributed by atoms with Gasteiger partial charge in [-0.15, -0.1) is 0 Å². The van der Waals surface area contributed by atoms with E-state index < -0.39 is 11.4 Å². The van der Waals surface area contributed by atoms with Crippen molar-refractivity contribution in [2.45, 2.75) is 38.8 Å². The van der Waals surface area contributed by atoms with Crippen LogP contribution >= 0.6 is 0 Å². The van der Waals surface area contributed by atoms with Crippen LogP contribution in [0, 0.1) is 5.82 Å². The molecule has 1 unspecified atom stereocenters. The Bertz CT molecular complexity index is 475. The third kappa shape index (κ3) is 3.93. The molecule has 1 aromatic carbocycles. The summed E-state index contributed by atoms with van der Waals surface area (Å²) in [5.41, 5.74) is 5.84. The maximum Gasteiger partial charge on any atom is 0.242 e. The van der Waals surface area contributed by atoms with Crippen molar-refractivity contribution >= 4 is 5.91 Å². The molecule has 0 spiro atoms.